The normalized spacial score (nSPS) is 12.9. The van der Waals surface area contributed by atoms with Gasteiger partial charge in [-0.1, -0.05) is 197 Å². The Morgan fingerprint density at radius 3 is 1.32 bits per heavy atom. The summed E-state index contributed by atoms with van der Waals surface area (Å²) in [6, 6.07) is 10.2. The smallest absolute Gasteiger partial charge is 0.337 e. The van der Waals surface area contributed by atoms with Crippen molar-refractivity contribution in [2.24, 2.45) is 10.8 Å². The molecule has 9 nitrogen and oxygen atoms in total. The molecule has 60 heavy (non-hydrogen) atoms. The van der Waals surface area contributed by atoms with Crippen LogP contribution in [0.5, 0.6) is 11.5 Å². The van der Waals surface area contributed by atoms with Crippen molar-refractivity contribution >= 4 is 42.8 Å². The zero-order chi connectivity index (χ0) is 45.6. The summed E-state index contributed by atoms with van der Waals surface area (Å²) in [5, 5.41) is 24.3. The van der Waals surface area contributed by atoms with Gasteiger partial charge in [-0.2, -0.15) is 15.0 Å². The lowest BCUT2D eigenvalue weighted by Crippen LogP contribution is -2.49. The summed E-state index contributed by atoms with van der Waals surface area (Å²) in [5.41, 5.74) is 1.57. The third kappa shape index (κ3) is 15.8. The molecule has 0 saturated carbocycles. The summed E-state index contributed by atoms with van der Waals surface area (Å²) >= 11 is 3.48. The van der Waals surface area contributed by atoms with Crippen molar-refractivity contribution in [1.82, 2.24) is 15.0 Å². The molecule has 0 atom stereocenters. The number of hydrogen-bond acceptors (Lipinski definition) is 9. The van der Waals surface area contributed by atoms with Crippen LogP contribution in [0.15, 0.2) is 46.7 Å². The molecule has 3 aromatic rings. The Labute approximate surface area is 373 Å². The minimum Gasteiger partial charge on any atom is -0.508 e. The van der Waals surface area contributed by atoms with Crippen LogP contribution < -0.4 is 5.32 Å². The fourth-order valence-electron chi connectivity index (χ4n) is 8.33. The van der Waals surface area contributed by atoms with E-state index < -0.39 is 23.6 Å². The molecule has 3 rings (SSSR count). The molecule has 0 spiro atoms. The molecule has 0 fully saturated rings. The fourth-order valence-corrected chi connectivity index (χ4v) is 12.3. The molecule has 5 N–H and O–H groups in total. The molecule has 12 heteroatoms. The van der Waals surface area contributed by atoms with E-state index in [1.807, 2.05) is 53.7 Å². The number of aromatic nitrogens is 3. The molecule has 340 valence electrons. The second kappa shape index (κ2) is 23.4. The predicted molar refractivity (Wildman–Crippen MR) is 258 cm³/mol. The van der Waals surface area contributed by atoms with Crippen LogP contribution in [0.4, 0.5) is 11.6 Å². The van der Waals surface area contributed by atoms with Gasteiger partial charge in [-0.05, 0) is 64.3 Å². The van der Waals surface area contributed by atoms with Crippen LogP contribution in [0.2, 0.25) is 0 Å². The molecule has 0 aliphatic rings. The van der Waals surface area contributed by atoms with E-state index >= 15 is 0 Å². The third-order valence-electron chi connectivity index (χ3n) is 10.9. The van der Waals surface area contributed by atoms with E-state index in [0.29, 0.717) is 17.3 Å². The van der Waals surface area contributed by atoms with Crippen molar-refractivity contribution in [2.75, 3.05) is 16.8 Å². The predicted octanol–water partition coefficient (Wildman–Crippen LogP) is 14.7. The van der Waals surface area contributed by atoms with Crippen molar-refractivity contribution in [3.63, 3.8) is 0 Å². The van der Waals surface area contributed by atoms with Gasteiger partial charge in [0.15, 0.2) is 10.3 Å². The van der Waals surface area contributed by atoms with Crippen molar-refractivity contribution < 1.29 is 24.6 Å². The number of hydrogen-bond donors (Lipinski definition) is 5. The number of nitrogens with zero attached hydrogens (tertiary/aromatic N) is 3. The fraction of sp³-hybridized carbons (Fsp3) is 0.688. The Balaban J connectivity index is 0.000000518. The van der Waals surface area contributed by atoms with E-state index in [0.717, 1.165) is 38.6 Å². The van der Waals surface area contributed by atoms with E-state index in [1.165, 1.54) is 89.2 Å². The Morgan fingerprint density at radius 1 is 0.583 bits per heavy atom. The minimum absolute atomic E-state index is 0.0798. The monoisotopic (exact) mass is 889 g/mol. The molecule has 0 amide bonds. The maximum Gasteiger partial charge on any atom is 0.337 e. The highest BCUT2D eigenvalue weighted by Crippen LogP contribution is 2.72. The molecule has 2 aromatic carbocycles. The van der Waals surface area contributed by atoms with E-state index in [1.54, 1.807) is 35.7 Å². The Hall–Kier alpha value is -2.30. The van der Waals surface area contributed by atoms with Gasteiger partial charge < -0.3 is 25.3 Å². The Morgan fingerprint density at radius 2 is 0.967 bits per heavy atom. The summed E-state index contributed by atoms with van der Waals surface area (Å²) in [5.74, 6) is 3.09. The first-order chi connectivity index (χ1) is 27.7. The Bertz CT molecular complexity index is 1700. The molecule has 0 aliphatic heterocycles. The number of thioether (sulfide) groups is 2. The SMILES string of the molecule is CC(C)(C)C(c1ccc(O)cc1)(C(C)(C)C)P(=O)(O)O.CCCCCCCCSc1nc(Nc2cc(C(C)(C)C)c(O)c(C(C)(C)C)c2)nc(SCCCCCCCC)n1. The van der Waals surface area contributed by atoms with Crippen molar-refractivity contribution in [3.8, 4) is 11.5 Å². The molecule has 0 bridgehead atoms. The first-order valence-electron chi connectivity index (χ1n) is 22.2. The molecule has 0 unspecified atom stereocenters. The standard InChI is InChI=1S/C33H56N4OS2.C15H25O4P/c1-9-11-13-15-17-19-21-39-30-35-29(36-31(37-30)40-22-20-18-16-14-12-10-2)34-25-23-26(32(3,4)5)28(38)27(24-25)33(6,7)8;1-13(2,3)15(14(4,5)6,20(17,18)19)11-7-9-12(16)10-8-11/h23-24,38H,9-22H2,1-8H3,(H,34,35,36,37);7-10,16H,1-6H3,(H2,17,18,19). The number of unbranched alkanes of at least 4 members (excludes halogenated alkanes) is 10. The number of rotatable bonds is 20. The van der Waals surface area contributed by atoms with Gasteiger partial charge >= 0.3 is 7.60 Å². The second-order valence-corrected chi connectivity index (χ2v) is 24.2. The molecular formula is C48H81N4O5PS2. The highest BCUT2D eigenvalue weighted by Gasteiger charge is 2.62. The summed E-state index contributed by atoms with van der Waals surface area (Å²) in [6.45, 7) is 28.4. The summed E-state index contributed by atoms with van der Waals surface area (Å²) in [4.78, 5) is 34.8. The molecule has 1 heterocycles. The van der Waals surface area contributed by atoms with Crippen LogP contribution >= 0.6 is 31.1 Å². The summed E-state index contributed by atoms with van der Waals surface area (Å²) < 4.78 is 12.5. The number of anilines is 2. The highest BCUT2D eigenvalue weighted by atomic mass is 32.2. The van der Waals surface area contributed by atoms with E-state index in [9.17, 15) is 24.6 Å². The maximum atomic E-state index is 12.5. The van der Waals surface area contributed by atoms with Crippen LogP contribution in [0.3, 0.4) is 0 Å². The van der Waals surface area contributed by atoms with E-state index in [-0.39, 0.29) is 16.6 Å². The second-order valence-electron chi connectivity index (χ2n) is 20.3. The van der Waals surface area contributed by atoms with Gasteiger partial charge in [-0.3, -0.25) is 4.57 Å². The molecule has 0 saturated heterocycles. The first kappa shape index (κ1) is 53.8. The van der Waals surface area contributed by atoms with Crippen LogP contribution in [-0.4, -0.2) is 46.5 Å². The van der Waals surface area contributed by atoms with Crippen LogP contribution in [0.25, 0.3) is 0 Å². The van der Waals surface area contributed by atoms with Gasteiger partial charge in [0.1, 0.15) is 16.7 Å². The average Bonchev–Trinajstić information content (AvgIpc) is 3.10. The van der Waals surface area contributed by atoms with E-state index in [2.05, 4.69) is 60.7 Å². The lowest BCUT2D eigenvalue weighted by molar-refractivity contribution is 0.0984. The zero-order valence-corrected chi connectivity index (χ0v) is 42.2. The van der Waals surface area contributed by atoms with Crippen LogP contribution in [-0.2, 0) is 20.6 Å². The number of phenolic OH excluding ortho intramolecular Hbond substituents is 2. The summed E-state index contributed by atoms with van der Waals surface area (Å²) in [6.07, 6.45) is 15.4. The van der Waals surface area contributed by atoms with Crippen molar-refractivity contribution in [2.45, 2.75) is 200 Å². The number of benzene rings is 2. The third-order valence-corrected chi connectivity index (χ3v) is 15.3. The average molecular weight is 889 g/mol. The quantitative estimate of drug-likeness (QED) is 0.0319. The number of aromatic hydroxyl groups is 2. The largest absolute Gasteiger partial charge is 0.508 e. The first-order valence-corrected chi connectivity index (χ1v) is 25.8. The zero-order valence-electron chi connectivity index (χ0n) is 39.7. The van der Waals surface area contributed by atoms with Crippen LogP contribution in [0.1, 0.15) is 191 Å². The van der Waals surface area contributed by atoms with Crippen molar-refractivity contribution in [1.29, 1.82) is 0 Å². The van der Waals surface area contributed by atoms with Gasteiger partial charge in [-0.15, -0.1) is 0 Å². The number of phenols is 2. The molecule has 0 aliphatic carbocycles. The lowest BCUT2D eigenvalue weighted by Gasteiger charge is -2.53. The van der Waals surface area contributed by atoms with Gasteiger partial charge in [0.05, 0.1) is 0 Å². The topological polar surface area (TPSA) is 149 Å². The van der Waals surface area contributed by atoms with Gasteiger partial charge in [0.2, 0.25) is 5.95 Å². The number of nitrogens with one attached hydrogen (secondary N) is 1. The minimum atomic E-state index is -4.47. The molecule has 0 radical (unpaired) electrons. The molecular weight excluding hydrogens is 808 g/mol. The van der Waals surface area contributed by atoms with Crippen molar-refractivity contribution in [3.05, 3.63) is 53.1 Å². The van der Waals surface area contributed by atoms with Gasteiger partial charge in [0.25, 0.3) is 0 Å². The maximum absolute atomic E-state index is 12.5. The molecule has 1 aromatic heterocycles. The van der Waals surface area contributed by atoms with Crippen LogP contribution in [0, 0.1) is 10.8 Å². The highest BCUT2D eigenvalue weighted by molar-refractivity contribution is 7.99. The van der Waals surface area contributed by atoms with E-state index in [4.69, 9.17) is 15.0 Å². The Kier molecular flexibility index (Phi) is 21.0. The van der Waals surface area contributed by atoms with Gasteiger partial charge in [0, 0.05) is 28.3 Å². The lowest BCUT2D eigenvalue weighted by atomic mass is 9.62. The summed E-state index contributed by atoms with van der Waals surface area (Å²) in [7, 11) is -4.47. The van der Waals surface area contributed by atoms with Gasteiger partial charge in [-0.25, -0.2) is 0 Å².